The van der Waals surface area contributed by atoms with Gasteiger partial charge >= 0.3 is 0 Å². The van der Waals surface area contributed by atoms with Gasteiger partial charge in [0, 0.05) is 24.2 Å². The first-order chi connectivity index (χ1) is 9.97. The van der Waals surface area contributed by atoms with Crippen molar-refractivity contribution in [3.8, 4) is 5.75 Å². The third-order valence-electron chi connectivity index (χ3n) is 2.99. The van der Waals surface area contributed by atoms with Gasteiger partial charge in [0.05, 0.1) is 13.7 Å². The summed E-state index contributed by atoms with van der Waals surface area (Å²) in [6, 6.07) is 5.58. The van der Waals surface area contributed by atoms with Gasteiger partial charge in [-0.15, -0.1) is 0 Å². The minimum atomic E-state index is 0.0174. The maximum Gasteiger partial charge on any atom is 0.234 e. The van der Waals surface area contributed by atoms with Gasteiger partial charge in [-0.2, -0.15) is 0 Å². The van der Waals surface area contributed by atoms with Gasteiger partial charge in [0.1, 0.15) is 10.7 Å². The van der Waals surface area contributed by atoms with Crippen molar-refractivity contribution < 1.29 is 9.53 Å². The molecule has 1 rings (SSSR count). The summed E-state index contributed by atoms with van der Waals surface area (Å²) in [4.78, 5) is 14.0. The van der Waals surface area contributed by atoms with E-state index in [0.29, 0.717) is 24.6 Å². The van der Waals surface area contributed by atoms with Crippen molar-refractivity contribution in [3.63, 3.8) is 0 Å². The molecule has 0 aliphatic rings. The molecule has 116 valence electrons. The molecule has 0 saturated heterocycles. The van der Waals surface area contributed by atoms with Crippen molar-refractivity contribution >= 4 is 23.1 Å². The number of methoxy groups -OCH3 is 1. The Bertz CT molecular complexity index is 506. The summed E-state index contributed by atoms with van der Waals surface area (Å²) in [6.07, 6.45) is 0.930. The summed E-state index contributed by atoms with van der Waals surface area (Å²) in [7, 11) is 3.51. The Morgan fingerprint density at radius 3 is 2.76 bits per heavy atom. The van der Waals surface area contributed by atoms with Gasteiger partial charge in [-0.05, 0) is 31.7 Å². The average molecular weight is 309 g/mol. The van der Waals surface area contributed by atoms with E-state index in [1.54, 1.807) is 7.11 Å². The highest BCUT2D eigenvalue weighted by atomic mass is 32.1. The standard InChI is InChI=1S/C15H23N3O2S/c1-4-7-17-14(19)10-18(2)9-12-8-11(15(16)21)5-6-13(12)20-3/h5-6,8H,4,7,9-10H2,1-3H3,(H2,16,21)(H,17,19). The number of ether oxygens (including phenoxy) is 1. The Hall–Kier alpha value is -1.66. The van der Waals surface area contributed by atoms with E-state index in [9.17, 15) is 4.79 Å². The SMILES string of the molecule is CCCNC(=O)CN(C)Cc1cc(C(N)=S)ccc1OC. The van der Waals surface area contributed by atoms with E-state index in [2.05, 4.69) is 5.32 Å². The van der Waals surface area contributed by atoms with Gasteiger partial charge in [-0.3, -0.25) is 9.69 Å². The zero-order valence-electron chi connectivity index (χ0n) is 12.8. The fraction of sp³-hybridized carbons (Fsp3) is 0.467. The molecular weight excluding hydrogens is 286 g/mol. The average Bonchev–Trinajstić information content (AvgIpc) is 2.44. The van der Waals surface area contributed by atoms with Gasteiger partial charge < -0.3 is 15.8 Å². The van der Waals surface area contributed by atoms with E-state index in [0.717, 1.165) is 23.3 Å². The molecule has 21 heavy (non-hydrogen) atoms. The molecule has 5 nitrogen and oxygen atoms in total. The van der Waals surface area contributed by atoms with Crippen LogP contribution in [0.3, 0.4) is 0 Å². The van der Waals surface area contributed by atoms with Crippen LogP contribution in [0.1, 0.15) is 24.5 Å². The molecule has 0 saturated carbocycles. The van der Waals surface area contributed by atoms with Gasteiger partial charge in [0.2, 0.25) is 5.91 Å². The number of nitrogens with two attached hydrogens (primary N) is 1. The lowest BCUT2D eigenvalue weighted by atomic mass is 10.1. The molecular formula is C15H23N3O2S. The molecule has 3 N–H and O–H groups in total. The predicted octanol–water partition coefficient (Wildman–Crippen LogP) is 1.29. The number of hydrogen-bond acceptors (Lipinski definition) is 4. The molecule has 0 aliphatic heterocycles. The van der Waals surface area contributed by atoms with E-state index < -0.39 is 0 Å². The molecule has 1 aromatic carbocycles. The van der Waals surface area contributed by atoms with E-state index in [1.165, 1.54) is 0 Å². The minimum Gasteiger partial charge on any atom is -0.496 e. The van der Waals surface area contributed by atoms with Crippen LogP contribution >= 0.6 is 12.2 Å². The van der Waals surface area contributed by atoms with Crippen molar-refractivity contribution in [3.05, 3.63) is 29.3 Å². The number of carbonyl (C=O) groups is 1. The maximum atomic E-state index is 11.7. The number of nitrogens with one attached hydrogen (secondary N) is 1. The zero-order valence-corrected chi connectivity index (χ0v) is 13.6. The summed E-state index contributed by atoms with van der Waals surface area (Å²) in [6.45, 7) is 3.64. The first-order valence-corrected chi connectivity index (χ1v) is 7.30. The molecule has 6 heteroatoms. The Morgan fingerprint density at radius 1 is 1.48 bits per heavy atom. The summed E-state index contributed by atoms with van der Waals surface area (Å²) >= 11 is 4.99. The van der Waals surface area contributed by atoms with Crippen molar-refractivity contribution in [2.45, 2.75) is 19.9 Å². The molecule has 0 heterocycles. The zero-order chi connectivity index (χ0) is 15.8. The third-order valence-corrected chi connectivity index (χ3v) is 3.23. The number of amides is 1. The molecule has 0 unspecified atom stereocenters. The summed E-state index contributed by atoms with van der Waals surface area (Å²) in [5.74, 6) is 0.777. The van der Waals surface area contributed by atoms with Crippen LogP contribution in [0.4, 0.5) is 0 Å². The van der Waals surface area contributed by atoms with Gasteiger partial charge in [-0.1, -0.05) is 19.1 Å². The van der Waals surface area contributed by atoms with Crippen molar-refractivity contribution in [1.82, 2.24) is 10.2 Å². The number of likely N-dealkylation sites (N-methyl/N-ethyl adjacent to an activating group) is 1. The van der Waals surface area contributed by atoms with Gasteiger partial charge in [-0.25, -0.2) is 0 Å². The van der Waals surface area contributed by atoms with Crippen molar-refractivity contribution in [2.24, 2.45) is 5.73 Å². The molecule has 0 fully saturated rings. The monoisotopic (exact) mass is 309 g/mol. The van der Waals surface area contributed by atoms with Crippen LogP contribution < -0.4 is 15.8 Å². The molecule has 0 aromatic heterocycles. The fourth-order valence-electron chi connectivity index (χ4n) is 1.97. The van der Waals surface area contributed by atoms with E-state index in [4.69, 9.17) is 22.7 Å². The number of hydrogen-bond donors (Lipinski definition) is 2. The van der Waals surface area contributed by atoms with Crippen LogP contribution in [0.2, 0.25) is 0 Å². The Labute approximate surface area is 131 Å². The van der Waals surface area contributed by atoms with Crippen LogP contribution in [0, 0.1) is 0 Å². The van der Waals surface area contributed by atoms with E-state index in [1.807, 2.05) is 37.1 Å². The second-order valence-electron chi connectivity index (χ2n) is 4.91. The molecule has 0 radical (unpaired) electrons. The molecule has 1 amide bonds. The molecule has 0 bridgehead atoms. The molecule has 0 spiro atoms. The Kier molecular flexibility index (Phi) is 7.11. The Balaban J connectivity index is 2.73. The van der Waals surface area contributed by atoms with Crippen LogP contribution in [0.15, 0.2) is 18.2 Å². The molecule has 1 aromatic rings. The quantitative estimate of drug-likeness (QED) is 0.708. The number of rotatable bonds is 8. The first-order valence-electron chi connectivity index (χ1n) is 6.89. The normalized spacial score (nSPS) is 10.5. The second-order valence-corrected chi connectivity index (χ2v) is 5.35. The lowest BCUT2D eigenvalue weighted by molar-refractivity contribution is -0.122. The van der Waals surface area contributed by atoms with Crippen molar-refractivity contribution in [1.29, 1.82) is 0 Å². The minimum absolute atomic E-state index is 0.0174. The maximum absolute atomic E-state index is 11.7. The summed E-state index contributed by atoms with van der Waals surface area (Å²) < 4.78 is 5.34. The largest absolute Gasteiger partial charge is 0.496 e. The fourth-order valence-corrected chi connectivity index (χ4v) is 2.09. The van der Waals surface area contributed by atoms with Crippen LogP contribution in [-0.2, 0) is 11.3 Å². The van der Waals surface area contributed by atoms with Gasteiger partial charge in [0.15, 0.2) is 0 Å². The predicted molar refractivity (Wildman–Crippen MR) is 88.5 cm³/mol. The first kappa shape index (κ1) is 17.4. The summed E-state index contributed by atoms with van der Waals surface area (Å²) in [5.41, 5.74) is 7.40. The van der Waals surface area contributed by atoms with E-state index >= 15 is 0 Å². The lowest BCUT2D eigenvalue weighted by Gasteiger charge is -2.18. The highest BCUT2D eigenvalue weighted by Crippen LogP contribution is 2.21. The van der Waals surface area contributed by atoms with Gasteiger partial charge in [0.25, 0.3) is 0 Å². The third kappa shape index (κ3) is 5.69. The number of nitrogens with zero attached hydrogens (tertiary/aromatic N) is 1. The number of carbonyl (C=O) groups excluding carboxylic acids is 1. The van der Waals surface area contributed by atoms with E-state index in [-0.39, 0.29) is 5.91 Å². The molecule has 0 aliphatic carbocycles. The highest BCUT2D eigenvalue weighted by molar-refractivity contribution is 7.80. The van der Waals surface area contributed by atoms with Crippen LogP contribution in [0.25, 0.3) is 0 Å². The molecule has 0 atom stereocenters. The topological polar surface area (TPSA) is 67.6 Å². The van der Waals surface area contributed by atoms with Crippen LogP contribution in [0.5, 0.6) is 5.75 Å². The lowest BCUT2D eigenvalue weighted by Crippen LogP contribution is -2.35. The highest BCUT2D eigenvalue weighted by Gasteiger charge is 2.11. The van der Waals surface area contributed by atoms with Crippen LogP contribution in [-0.4, -0.2) is 43.0 Å². The smallest absolute Gasteiger partial charge is 0.234 e. The number of benzene rings is 1. The Morgan fingerprint density at radius 2 is 2.19 bits per heavy atom. The van der Waals surface area contributed by atoms with Crippen molar-refractivity contribution in [2.75, 3.05) is 27.2 Å². The summed E-state index contributed by atoms with van der Waals surface area (Å²) in [5, 5.41) is 2.85. The second kappa shape index (κ2) is 8.59. The number of thiocarbonyl (C=S) groups is 1.